The topological polar surface area (TPSA) is 65.2 Å². The van der Waals surface area contributed by atoms with Gasteiger partial charge in [-0.05, 0) is 13.0 Å². The molecule has 0 unspecified atom stereocenters. The second-order valence-electron chi connectivity index (χ2n) is 4.21. The minimum atomic E-state index is -0.313. The number of aromatic nitrogens is 2. The van der Waals surface area contributed by atoms with E-state index in [0.29, 0.717) is 22.7 Å². The van der Waals surface area contributed by atoms with Crippen molar-refractivity contribution in [2.45, 2.75) is 12.1 Å². The van der Waals surface area contributed by atoms with Crippen molar-refractivity contribution in [3.8, 4) is 10.8 Å². The van der Waals surface area contributed by atoms with Crippen molar-refractivity contribution < 1.29 is 13.9 Å². The Bertz CT molecular complexity index is 815. The third-order valence-corrected chi connectivity index (χ3v) is 5.21. The lowest BCUT2D eigenvalue weighted by atomic mass is 10.2. The summed E-state index contributed by atoms with van der Waals surface area (Å²) >= 11 is 9.01. The number of halogens is 1. The Morgan fingerprint density at radius 2 is 2.23 bits per heavy atom. The average molecular weight is 355 g/mol. The van der Waals surface area contributed by atoms with E-state index in [9.17, 15) is 4.79 Å². The Balaban J connectivity index is 1.80. The first-order valence-electron chi connectivity index (χ1n) is 6.48. The highest BCUT2D eigenvalue weighted by Gasteiger charge is 2.18. The average Bonchev–Trinajstić information content (AvgIpc) is 3.11. The van der Waals surface area contributed by atoms with Crippen LogP contribution in [0.4, 0.5) is 0 Å². The predicted molar refractivity (Wildman–Crippen MR) is 87.5 cm³/mol. The van der Waals surface area contributed by atoms with Crippen molar-refractivity contribution in [2.24, 2.45) is 0 Å². The maximum Gasteiger partial charge on any atom is 0.316 e. The quantitative estimate of drug-likeness (QED) is 0.504. The molecule has 0 radical (unpaired) electrons. The molecular formula is C14H11ClN2O3S2. The van der Waals surface area contributed by atoms with Gasteiger partial charge in [0.05, 0.1) is 11.6 Å². The number of thioether (sulfide) groups is 1. The van der Waals surface area contributed by atoms with Crippen molar-refractivity contribution in [1.29, 1.82) is 0 Å². The number of nitrogens with zero attached hydrogens (tertiary/aromatic N) is 2. The smallest absolute Gasteiger partial charge is 0.316 e. The summed E-state index contributed by atoms with van der Waals surface area (Å²) in [5, 5.41) is 9.81. The Hall–Kier alpha value is -1.57. The molecule has 114 valence electrons. The number of ether oxygens (including phenoxy) is 1. The summed E-state index contributed by atoms with van der Waals surface area (Å²) in [6, 6.07) is 7.82. The first kappa shape index (κ1) is 15.3. The Labute approximate surface area is 139 Å². The number of carbonyl (C=O) groups is 1. The van der Waals surface area contributed by atoms with Gasteiger partial charge in [-0.1, -0.05) is 41.6 Å². The Morgan fingerprint density at radius 1 is 1.41 bits per heavy atom. The molecule has 0 bridgehead atoms. The lowest BCUT2D eigenvalue weighted by Gasteiger charge is -1.97. The molecule has 0 aliphatic rings. The zero-order valence-electron chi connectivity index (χ0n) is 11.5. The normalized spacial score (nSPS) is 11.0. The largest absolute Gasteiger partial charge is 0.465 e. The summed E-state index contributed by atoms with van der Waals surface area (Å²) in [6.07, 6.45) is 0. The fourth-order valence-electron chi connectivity index (χ4n) is 1.83. The van der Waals surface area contributed by atoms with Crippen LogP contribution in [0, 0.1) is 0 Å². The second-order valence-corrected chi connectivity index (χ2v) is 6.56. The molecule has 0 saturated carbocycles. The molecular weight excluding hydrogens is 344 g/mol. The van der Waals surface area contributed by atoms with Crippen LogP contribution in [0.3, 0.4) is 0 Å². The maximum atomic E-state index is 11.3. The van der Waals surface area contributed by atoms with Crippen LogP contribution in [-0.4, -0.2) is 28.5 Å². The van der Waals surface area contributed by atoms with Crippen molar-refractivity contribution in [3.05, 3.63) is 29.3 Å². The molecule has 5 nitrogen and oxygen atoms in total. The highest BCUT2D eigenvalue weighted by molar-refractivity contribution is 7.99. The number of thiophene rings is 1. The Kier molecular flexibility index (Phi) is 4.66. The van der Waals surface area contributed by atoms with Gasteiger partial charge in [0.2, 0.25) is 0 Å². The number of hydrogen-bond donors (Lipinski definition) is 0. The van der Waals surface area contributed by atoms with Gasteiger partial charge in [-0.3, -0.25) is 4.79 Å². The molecule has 0 amide bonds. The SMILES string of the molecule is CCOC(=O)CSc1nnc(-c2sc3ccccc3c2Cl)o1. The zero-order chi connectivity index (χ0) is 15.5. The van der Waals surface area contributed by atoms with Crippen LogP contribution in [0.5, 0.6) is 0 Å². The van der Waals surface area contributed by atoms with E-state index in [-0.39, 0.29) is 11.7 Å². The third-order valence-electron chi connectivity index (χ3n) is 2.75. The molecule has 0 N–H and O–H groups in total. The fourth-order valence-corrected chi connectivity index (χ4v) is 3.83. The van der Waals surface area contributed by atoms with Crippen LogP contribution in [0.1, 0.15) is 6.92 Å². The Morgan fingerprint density at radius 3 is 3.00 bits per heavy atom. The number of esters is 1. The van der Waals surface area contributed by atoms with Gasteiger partial charge in [-0.25, -0.2) is 0 Å². The highest BCUT2D eigenvalue weighted by atomic mass is 35.5. The van der Waals surface area contributed by atoms with Gasteiger partial charge >= 0.3 is 5.97 Å². The number of fused-ring (bicyclic) bond motifs is 1. The molecule has 3 rings (SSSR count). The summed E-state index contributed by atoms with van der Waals surface area (Å²) in [5.41, 5.74) is 0. The van der Waals surface area contributed by atoms with Gasteiger partial charge in [0.1, 0.15) is 10.6 Å². The summed E-state index contributed by atoms with van der Waals surface area (Å²) in [5.74, 6) is 0.181. The van der Waals surface area contributed by atoms with Crippen LogP contribution in [0.2, 0.25) is 5.02 Å². The van der Waals surface area contributed by atoms with E-state index in [0.717, 1.165) is 26.7 Å². The first-order valence-corrected chi connectivity index (χ1v) is 8.66. The van der Waals surface area contributed by atoms with E-state index in [1.54, 1.807) is 6.92 Å². The molecule has 0 fully saturated rings. The van der Waals surface area contributed by atoms with Crippen LogP contribution in [-0.2, 0) is 9.53 Å². The highest BCUT2D eigenvalue weighted by Crippen LogP contribution is 2.41. The lowest BCUT2D eigenvalue weighted by molar-refractivity contribution is -0.139. The summed E-state index contributed by atoms with van der Waals surface area (Å²) in [6.45, 7) is 2.11. The minimum Gasteiger partial charge on any atom is -0.465 e. The fraction of sp³-hybridized carbons (Fsp3) is 0.214. The maximum absolute atomic E-state index is 11.3. The van der Waals surface area contributed by atoms with Crippen molar-refractivity contribution in [1.82, 2.24) is 10.2 Å². The molecule has 2 heterocycles. The number of carbonyl (C=O) groups excluding carboxylic acids is 1. The lowest BCUT2D eigenvalue weighted by Crippen LogP contribution is -2.06. The van der Waals surface area contributed by atoms with E-state index in [1.165, 1.54) is 11.3 Å². The van der Waals surface area contributed by atoms with Crippen LogP contribution in [0.15, 0.2) is 33.9 Å². The van der Waals surface area contributed by atoms with E-state index < -0.39 is 0 Å². The zero-order valence-corrected chi connectivity index (χ0v) is 13.9. The predicted octanol–water partition coefficient (Wildman–Crippen LogP) is 4.26. The standard InChI is InChI=1S/C14H11ClN2O3S2/c1-2-19-10(18)7-21-14-17-16-13(20-14)12-11(15)8-5-3-4-6-9(8)22-12/h3-6H,2,7H2,1H3. The number of rotatable bonds is 5. The number of hydrogen-bond acceptors (Lipinski definition) is 7. The van der Waals surface area contributed by atoms with Gasteiger partial charge in [0, 0.05) is 10.1 Å². The first-order chi connectivity index (χ1) is 10.7. The van der Waals surface area contributed by atoms with Crippen LogP contribution >= 0.6 is 34.7 Å². The van der Waals surface area contributed by atoms with Gasteiger partial charge < -0.3 is 9.15 Å². The van der Waals surface area contributed by atoms with Crippen LogP contribution < -0.4 is 0 Å². The van der Waals surface area contributed by atoms with E-state index >= 15 is 0 Å². The van der Waals surface area contributed by atoms with Gasteiger partial charge in [-0.15, -0.1) is 21.5 Å². The van der Waals surface area contributed by atoms with E-state index in [1.807, 2.05) is 24.3 Å². The number of benzene rings is 1. The van der Waals surface area contributed by atoms with Crippen LogP contribution in [0.25, 0.3) is 20.9 Å². The monoisotopic (exact) mass is 354 g/mol. The summed E-state index contributed by atoms with van der Waals surface area (Å²) < 4.78 is 11.5. The molecule has 0 saturated heterocycles. The molecule has 2 aromatic heterocycles. The van der Waals surface area contributed by atoms with Crippen molar-refractivity contribution >= 4 is 50.8 Å². The third kappa shape index (κ3) is 3.11. The summed E-state index contributed by atoms with van der Waals surface area (Å²) in [4.78, 5) is 12.0. The molecule has 22 heavy (non-hydrogen) atoms. The van der Waals surface area contributed by atoms with Crippen molar-refractivity contribution in [2.75, 3.05) is 12.4 Å². The second kappa shape index (κ2) is 6.68. The van der Waals surface area contributed by atoms with Gasteiger partial charge in [0.15, 0.2) is 0 Å². The van der Waals surface area contributed by atoms with Gasteiger partial charge in [0.25, 0.3) is 11.1 Å². The van der Waals surface area contributed by atoms with E-state index in [2.05, 4.69) is 10.2 Å². The molecule has 0 aliphatic carbocycles. The van der Waals surface area contributed by atoms with E-state index in [4.69, 9.17) is 20.8 Å². The van der Waals surface area contributed by atoms with Crippen molar-refractivity contribution in [3.63, 3.8) is 0 Å². The van der Waals surface area contributed by atoms with Gasteiger partial charge in [-0.2, -0.15) is 0 Å². The minimum absolute atomic E-state index is 0.135. The molecule has 0 spiro atoms. The summed E-state index contributed by atoms with van der Waals surface area (Å²) in [7, 11) is 0. The molecule has 3 aromatic rings. The molecule has 0 aliphatic heterocycles. The molecule has 0 atom stereocenters. The molecule has 1 aromatic carbocycles. The molecule has 8 heteroatoms.